The fourth-order valence-electron chi connectivity index (χ4n) is 11.9. The Morgan fingerprint density at radius 1 is 0.337 bits per heavy atom. The highest BCUT2D eigenvalue weighted by Gasteiger charge is 2.18. The van der Waals surface area contributed by atoms with E-state index >= 15 is 0 Å². The summed E-state index contributed by atoms with van der Waals surface area (Å²) < 4.78 is 5.51. The van der Waals surface area contributed by atoms with Crippen molar-refractivity contribution in [2.45, 2.75) is 431 Å². The SMILES string of the molecule is CCCCC/C=C\C/C=C\CCCCCCCCCCCC(=O)OCCCCCCCCCCCCCCCCCCCCCCCCCCCCCCCCCCCCCC(=O)NC(CO)C(O)/C=C/CCCCCCCCCCCC. The Kier molecular flexibility index (Phi) is 70.9. The van der Waals surface area contributed by atoms with Gasteiger partial charge >= 0.3 is 5.97 Å². The molecule has 0 aliphatic heterocycles. The van der Waals surface area contributed by atoms with Crippen LogP contribution in [0.2, 0.25) is 0 Å². The Labute approximate surface area is 519 Å². The predicted octanol–water partition coefficient (Wildman–Crippen LogP) is 24.7. The van der Waals surface area contributed by atoms with Gasteiger partial charge in [0.25, 0.3) is 0 Å². The molecule has 1 amide bonds. The first kappa shape index (κ1) is 81.1. The van der Waals surface area contributed by atoms with Crippen LogP contribution in [-0.4, -0.2) is 47.4 Å². The summed E-state index contributed by atoms with van der Waals surface area (Å²) in [6, 6.07) is -0.623. The van der Waals surface area contributed by atoms with Crippen molar-refractivity contribution >= 4 is 11.9 Å². The highest BCUT2D eigenvalue weighted by molar-refractivity contribution is 5.76. The van der Waals surface area contributed by atoms with Crippen LogP contribution in [0.5, 0.6) is 0 Å². The molecule has 0 aliphatic rings. The zero-order valence-electron chi connectivity index (χ0n) is 56.2. The molecule has 0 fully saturated rings. The fourth-order valence-corrected chi connectivity index (χ4v) is 11.9. The number of aliphatic hydroxyl groups is 2. The van der Waals surface area contributed by atoms with E-state index in [-0.39, 0.29) is 18.5 Å². The molecule has 3 N–H and O–H groups in total. The maximum Gasteiger partial charge on any atom is 0.305 e. The molecule has 0 spiro atoms. The van der Waals surface area contributed by atoms with Crippen LogP contribution in [-0.2, 0) is 14.3 Å². The number of aliphatic hydroxyl groups excluding tert-OH is 2. The van der Waals surface area contributed by atoms with Crippen LogP contribution in [0.25, 0.3) is 0 Å². The van der Waals surface area contributed by atoms with E-state index in [4.69, 9.17) is 4.74 Å². The number of hydrogen-bond acceptors (Lipinski definition) is 5. The van der Waals surface area contributed by atoms with Gasteiger partial charge in [0.05, 0.1) is 25.4 Å². The molecule has 0 radical (unpaired) electrons. The lowest BCUT2D eigenvalue weighted by Crippen LogP contribution is -2.45. The average molecular weight is 1170 g/mol. The number of carbonyl (C=O) groups is 2. The minimum atomic E-state index is -0.839. The van der Waals surface area contributed by atoms with Crippen molar-refractivity contribution in [2.75, 3.05) is 13.2 Å². The normalized spacial score (nSPS) is 12.7. The Morgan fingerprint density at radius 3 is 0.940 bits per heavy atom. The maximum atomic E-state index is 12.5. The van der Waals surface area contributed by atoms with Crippen LogP contribution < -0.4 is 5.32 Å². The van der Waals surface area contributed by atoms with E-state index in [0.717, 1.165) is 44.9 Å². The van der Waals surface area contributed by atoms with Gasteiger partial charge in [0.15, 0.2) is 0 Å². The number of allylic oxidation sites excluding steroid dienone is 5. The summed E-state index contributed by atoms with van der Waals surface area (Å²) in [4.78, 5) is 24.6. The predicted molar refractivity (Wildman–Crippen MR) is 366 cm³/mol. The number of amides is 1. The summed E-state index contributed by atoms with van der Waals surface area (Å²) >= 11 is 0. The molecule has 0 aromatic rings. The second kappa shape index (κ2) is 72.6. The van der Waals surface area contributed by atoms with Crippen LogP contribution in [0.15, 0.2) is 36.5 Å². The summed E-state index contributed by atoms with van der Waals surface area (Å²) in [5.41, 5.74) is 0. The number of ether oxygens (including phenoxy) is 1. The maximum absolute atomic E-state index is 12.5. The molecule has 0 aromatic carbocycles. The number of hydrogen-bond donors (Lipinski definition) is 3. The van der Waals surface area contributed by atoms with E-state index in [1.807, 2.05) is 6.08 Å². The van der Waals surface area contributed by atoms with Crippen molar-refractivity contribution in [3.05, 3.63) is 36.5 Å². The minimum Gasteiger partial charge on any atom is -0.466 e. The number of esters is 1. The van der Waals surface area contributed by atoms with Crippen molar-refractivity contribution in [2.24, 2.45) is 0 Å². The molecule has 2 atom stereocenters. The zero-order valence-corrected chi connectivity index (χ0v) is 56.2. The average Bonchev–Trinajstić information content (AvgIpc) is 3.49. The molecule has 0 saturated heterocycles. The lowest BCUT2D eigenvalue weighted by atomic mass is 10.0. The van der Waals surface area contributed by atoms with E-state index in [1.165, 1.54) is 347 Å². The van der Waals surface area contributed by atoms with E-state index in [9.17, 15) is 19.8 Å². The Hall–Kier alpha value is -1.92. The summed E-state index contributed by atoms with van der Waals surface area (Å²) in [7, 11) is 0. The molecule has 6 nitrogen and oxygen atoms in total. The summed E-state index contributed by atoms with van der Waals surface area (Å²) in [5.74, 6) is -0.0425. The third kappa shape index (κ3) is 69.1. The highest BCUT2D eigenvalue weighted by atomic mass is 16.5. The first-order valence-corrected chi connectivity index (χ1v) is 37.8. The first-order valence-electron chi connectivity index (χ1n) is 37.8. The minimum absolute atomic E-state index is 0.0190. The van der Waals surface area contributed by atoms with Gasteiger partial charge in [-0.25, -0.2) is 0 Å². The number of unbranched alkanes of at least 4 members (excludes halogenated alkanes) is 56. The monoisotopic (exact) mass is 1170 g/mol. The van der Waals surface area contributed by atoms with Gasteiger partial charge in [0.1, 0.15) is 0 Å². The second-order valence-electron chi connectivity index (χ2n) is 26.0. The van der Waals surface area contributed by atoms with Gasteiger partial charge in [-0.3, -0.25) is 9.59 Å². The molecule has 490 valence electrons. The summed E-state index contributed by atoms with van der Waals surface area (Å²) in [6.07, 6.45) is 94.1. The van der Waals surface area contributed by atoms with E-state index < -0.39 is 12.1 Å². The standard InChI is InChI=1S/C77H147NO5/c1-3-5-7-9-11-13-15-17-18-19-37-41-44-47-51-55-59-63-67-71-77(82)83-72-68-64-60-56-52-48-45-42-39-36-34-32-30-28-26-24-22-20-21-23-25-27-29-31-33-35-38-40-43-46-50-54-58-62-66-70-76(81)78-74(73-79)75(80)69-65-61-57-53-49-16-14-12-10-8-6-4-2/h11,13,17-18,65,69,74-75,79-80H,3-10,12,14-16,19-64,66-68,70-73H2,1-2H3,(H,78,81)/b13-11-,18-17-,69-65+. The highest BCUT2D eigenvalue weighted by Crippen LogP contribution is 2.19. The van der Waals surface area contributed by atoms with E-state index in [0.29, 0.717) is 19.4 Å². The van der Waals surface area contributed by atoms with Crippen molar-refractivity contribution in [3.8, 4) is 0 Å². The van der Waals surface area contributed by atoms with Crippen LogP contribution in [0.3, 0.4) is 0 Å². The third-order valence-electron chi connectivity index (χ3n) is 17.7. The Balaban J connectivity index is 3.29. The largest absolute Gasteiger partial charge is 0.466 e. The van der Waals surface area contributed by atoms with Crippen molar-refractivity contribution in [3.63, 3.8) is 0 Å². The lowest BCUT2D eigenvalue weighted by molar-refractivity contribution is -0.143. The van der Waals surface area contributed by atoms with Crippen LogP contribution >= 0.6 is 0 Å². The van der Waals surface area contributed by atoms with Crippen LogP contribution in [0.1, 0.15) is 418 Å². The quantitative estimate of drug-likeness (QED) is 0.0320. The van der Waals surface area contributed by atoms with Gasteiger partial charge in [0, 0.05) is 12.8 Å². The van der Waals surface area contributed by atoms with Gasteiger partial charge in [0.2, 0.25) is 5.91 Å². The second-order valence-corrected chi connectivity index (χ2v) is 26.0. The first-order chi connectivity index (χ1) is 41.0. The summed E-state index contributed by atoms with van der Waals surface area (Å²) in [5, 5.41) is 23.1. The topological polar surface area (TPSA) is 95.9 Å². The van der Waals surface area contributed by atoms with Gasteiger partial charge in [-0.2, -0.15) is 0 Å². The molecule has 83 heavy (non-hydrogen) atoms. The molecule has 2 unspecified atom stereocenters. The molecule has 0 rings (SSSR count). The number of nitrogens with one attached hydrogen (secondary N) is 1. The van der Waals surface area contributed by atoms with E-state index in [2.05, 4.69) is 43.5 Å². The molecule has 0 aromatic heterocycles. The summed E-state index contributed by atoms with van der Waals surface area (Å²) in [6.45, 7) is 4.90. The van der Waals surface area contributed by atoms with Crippen LogP contribution in [0, 0.1) is 0 Å². The molecule has 0 bridgehead atoms. The van der Waals surface area contributed by atoms with Crippen molar-refractivity contribution in [1.82, 2.24) is 5.32 Å². The smallest absolute Gasteiger partial charge is 0.305 e. The van der Waals surface area contributed by atoms with Gasteiger partial charge < -0.3 is 20.3 Å². The van der Waals surface area contributed by atoms with Gasteiger partial charge in [-0.1, -0.05) is 378 Å². The molecule has 6 heteroatoms. The van der Waals surface area contributed by atoms with Gasteiger partial charge in [-0.15, -0.1) is 0 Å². The number of carbonyl (C=O) groups excluding carboxylic acids is 2. The molecular formula is C77H147NO5. The van der Waals surface area contributed by atoms with Crippen molar-refractivity contribution < 1.29 is 24.5 Å². The zero-order chi connectivity index (χ0) is 59.9. The Morgan fingerprint density at radius 2 is 0.602 bits per heavy atom. The molecule has 0 saturated carbocycles. The molecular weight excluding hydrogens is 1020 g/mol. The van der Waals surface area contributed by atoms with Crippen molar-refractivity contribution in [1.29, 1.82) is 0 Å². The fraction of sp³-hybridized carbons (Fsp3) is 0.896. The Bertz CT molecular complexity index is 1340. The van der Waals surface area contributed by atoms with E-state index in [1.54, 1.807) is 6.08 Å². The van der Waals surface area contributed by atoms with Crippen LogP contribution in [0.4, 0.5) is 0 Å². The lowest BCUT2D eigenvalue weighted by Gasteiger charge is -2.20. The molecule has 0 aliphatic carbocycles. The number of rotatable bonds is 71. The third-order valence-corrected chi connectivity index (χ3v) is 17.7. The molecule has 0 heterocycles. The van der Waals surface area contributed by atoms with Gasteiger partial charge in [-0.05, 0) is 64.2 Å².